The third-order valence-electron chi connectivity index (χ3n) is 4.35. The Bertz CT molecular complexity index is 458. The van der Waals surface area contributed by atoms with Crippen LogP contribution in [0.2, 0.25) is 0 Å². The maximum atomic E-state index is 12.7. The molecular formula is C17H26N2O. The second-order valence-corrected chi connectivity index (χ2v) is 5.77. The Morgan fingerprint density at radius 2 is 2.20 bits per heavy atom. The second kappa shape index (κ2) is 6.89. The second-order valence-electron chi connectivity index (χ2n) is 5.77. The molecule has 1 saturated heterocycles. The largest absolute Gasteiger partial charge is 0.335 e. The van der Waals surface area contributed by atoms with Gasteiger partial charge in [-0.1, -0.05) is 37.6 Å². The number of benzene rings is 1. The van der Waals surface area contributed by atoms with Gasteiger partial charge in [-0.05, 0) is 37.3 Å². The minimum atomic E-state index is -0.00961. The molecule has 2 atom stereocenters. The van der Waals surface area contributed by atoms with Crippen molar-refractivity contribution in [1.29, 1.82) is 0 Å². The van der Waals surface area contributed by atoms with E-state index in [1.807, 2.05) is 0 Å². The molecular weight excluding hydrogens is 248 g/mol. The summed E-state index contributed by atoms with van der Waals surface area (Å²) in [5.41, 5.74) is 8.37. The van der Waals surface area contributed by atoms with Gasteiger partial charge in [0.1, 0.15) is 0 Å². The maximum absolute atomic E-state index is 12.7. The van der Waals surface area contributed by atoms with Gasteiger partial charge in [-0.2, -0.15) is 0 Å². The van der Waals surface area contributed by atoms with Crippen molar-refractivity contribution in [2.75, 3.05) is 13.1 Å². The Kier molecular flexibility index (Phi) is 5.18. The molecule has 0 aliphatic carbocycles. The van der Waals surface area contributed by atoms with Gasteiger partial charge in [0.2, 0.25) is 5.91 Å². The smallest absolute Gasteiger partial charge is 0.227 e. The third kappa shape index (κ3) is 3.04. The molecule has 0 radical (unpaired) electrons. The summed E-state index contributed by atoms with van der Waals surface area (Å²) in [5, 5.41) is 0. The highest BCUT2D eigenvalue weighted by Gasteiger charge is 2.33. The molecule has 1 aromatic rings. The van der Waals surface area contributed by atoms with Crippen molar-refractivity contribution in [3.05, 3.63) is 35.4 Å². The lowest BCUT2D eigenvalue weighted by Gasteiger charge is -2.29. The number of nitrogens with two attached hydrogens (primary N) is 1. The predicted molar refractivity (Wildman–Crippen MR) is 82.3 cm³/mol. The van der Waals surface area contributed by atoms with Crippen LogP contribution in [0, 0.1) is 12.8 Å². The zero-order valence-corrected chi connectivity index (χ0v) is 12.6. The van der Waals surface area contributed by atoms with E-state index < -0.39 is 0 Å². The lowest BCUT2D eigenvalue weighted by atomic mass is 9.97. The van der Waals surface area contributed by atoms with Crippen molar-refractivity contribution in [2.24, 2.45) is 11.7 Å². The van der Waals surface area contributed by atoms with Gasteiger partial charge >= 0.3 is 0 Å². The minimum Gasteiger partial charge on any atom is -0.335 e. The lowest BCUT2D eigenvalue weighted by Crippen LogP contribution is -2.38. The van der Waals surface area contributed by atoms with E-state index in [9.17, 15) is 4.79 Å². The summed E-state index contributed by atoms with van der Waals surface area (Å²) < 4.78 is 0. The van der Waals surface area contributed by atoms with Crippen LogP contribution in [0.15, 0.2) is 24.3 Å². The standard InChI is InChI=1S/C17H26N2O/c1-3-7-14(12-18)17(20)19-11-6-10-16(19)15-9-5-4-8-13(15)2/h4-5,8-9,14,16H,3,6-7,10-12,18H2,1-2H3. The van der Waals surface area contributed by atoms with Crippen molar-refractivity contribution in [3.8, 4) is 0 Å². The zero-order chi connectivity index (χ0) is 14.5. The van der Waals surface area contributed by atoms with Gasteiger partial charge in [0.15, 0.2) is 0 Å². The van der Waals surface area contributed by atoms with E-state index in [1.165, 1.54) is 11.1 Å². The fourth-order valence-electron chi connectivity index (χ4n) is 3.24. The third-order valence-corrected chi connectivity index (χ3v) is 4.35. The lowest BCUT2D eigenvalue weighted by molar-refractivity contribution is -0.136. The van der Waals surface area contributed by atoms with Gasteiger partial charge in [-0.3, -0.25) is 4.79 Å². The first kappa shape index (κ1) is 15.0. The number of hydrogen-bond donors (Lipinski definition) is 1. The first-order chi connectivity index (χ1) is 9.69. The molecule has 1 aliphatic heterocycles. The van der Waals surface area contributed by atoms with Gasteiger partial charge < -0.3 is 10.6 Å². The molecule has 2 rings (SSSR count). The number of aryl methyl sites for hydroxylation is 1. The number of carbonyl (C=O) groups is 1. The molecule has 2 unspecified atom stereocenters. The summed E-state index contributed by atoms with van der Waals surface area (Å²) in [4.78, 5) is 14.8. The Morgan fingerprint density at radius 3 is 2.85 bits per heavy atom. The highest BCUT2D eigenvalue weighted by Crippen LogP contribution is 2.34. The van der Waals surface area contributed by atoms with Crippen molar-refractivity contribution < 1.29 is 4.79 Å². The Labute approximate surface area is 122 Å². The molecule has 0 aromatic heterocycles. The molecule has 2 N–H and O–H groups in total. The SMILES string of the molecule is CCCC(CN)C(=O)N1CCCC1c1ccccc1C. The van der Waals surface area contributed by atoms with Crippen molar-refractivity contribution >= 4 is 5.91 Å². The molecule has 3 nitrogen and oxygen atoms in total. The van der Waals surface area contributed by atoms with E-state index in [-0.39, 0.29) is 17.9 Å². The zero-order valence-electron chi connectivity index (χ0n) is 12.6. The van der Waals surface area contributed by atoms with Crippen molar-refractivity contribution in [1.82, 2.24) is 4.90 Å². The van der Waals surface area contributed by atoms with Gasteiger partial charge in [0.25, 0.3) is 0 Å². The summed E-state index contributed by atoms with van der Waals surface area (Å²) in [7, 11) is 0. The number of amides is 1. The molecule has 0 spiro atoms. The molecule has 0 saturated carbocycles. The summed E-state index contributed by atoms with van der Waals surface area (Å²) >= 11 is 0. The summed E-state index contributed by atoms with van der Waals surface area (Å²) in [6.07, 6.45) is 4.07. The Balaban J connectivity index is 2.19. The summed E-state index contributed by atoms with van der Waals surface area (Å²) in [5.74, 6) is 0.240. The van der Waals surface area contributed by atoms with E-state index >= 15 is 0 Å². The molecule has 1 heterocycles. The van der Waals surface area contributed by atoms with E-state index in [1.54, 1.807) is 0 Å². The number of likely N-dealkylation sites (tertiary alicyclic amines) is 1. The topological polar surface area (TPSA) is 46.3 Å². The minimum absolute atomic E-state index is 0.00961. The summed E-state index contributed by atoms with van der Waals surface area (Å²) in [6.45, 7) is 5.57. The molecule has 20 heavy (non-hydrogen) atoms. The van der Waals surface area contributed by atoms with Crippen LogP contribution in [-0.2, 0) is 4.79 Å². The van der Waals surface area contributed by atoms with Crippen molar-refractivity contribution in [3.63, 3.8) is 0 Å². The van der Waals surface area contributed by atoms with Gasteiger partial charge in [0, 0.05) is 13.1 Å². The molecule has 3 heteroatoms. The molecule has 1 aromatic carbocycles. The first-order valence-electron chi connectivity index (χ1n) is 7.75. The van der Waals surface area contributed by atoms with Crippen LogP contribution in [-0.4, -0.2) is 23.9 Å². The first-order valence-corrected chi connectivity index (χ1v) is 7.75. The molecule has 1 amide bonds. The van der Waals surface area contributed by atoms with Crippen LogP contribution in [0.4, 0.5) is 0 Å². The number of nitrogens with zero attached hydrogens (tertiary/aromatic N) is 1. The van der Waals surface area contributed by atoms with E-state index in [0.29, 0.717) is 6.54 Å². The van der Waals surface area contributed by atoms with Crippen LogP contribution in [0.25, 0.3) is 0 Å². The fraction of sp³-hybridized carbons (Fsp3) is 0.588. The number of hydrogen-bond acceptors (Lipinski definition) is 2. The van der Waals surface area contributed by atoms with Gasteiger partial charge in [-0.15, -0.1) is 0 Å². The van der Waals surface area contributed by atoms with Gasteiger partial charge in [0.05, 0.1) is 12.0 Å². The number of rotatable bonds is 5. The van der Waals surface area contributed by atoms with Crippen LogP contribution in [0.5, 0.6) is 0 Å². The normalized spacial score (nSPS) is 20.1. The molecule has 1 fully saturated rings. The summed E-state index contributed by atoms with van der Waals surface area (Å²) in [6, 6.07) is 8.65. The van der Waals surface area contributed by atoms with Crippen LogP contribution in [0.3, 0.4) is 0 Å². The number of carbonyl (C=O) groups excluding carboxylic acids is 1. The monoisotopic (exact) mass is 274 g/mol. The van der Waals surface area contributed by atoms with E-state index in [2.05, 4.69) is 43.0 Å². The molecule has 0 bridgehead atoms. The Hall–Kier alpha value is -1.35. The quantitative estimate of drug-likeness (QED) is 0.897. The van der Waals surface area contributed by atoms with Crippen LogP contribution < -0.4 is 5.73 Å². The molecule has 110 valence electrons. The average Bonchev–Trinajstić information content (AvgIpc) is 2.93. The van der Waals surface area contributed by atoms with Crippen LogP contribution >= 0.6 is 0 Å². The average molecular weight is 274 g/mol. The van der Waals surface area contributed by atoms with Crippen molar-refractivity contribution in [2.45, 2.75) is 45.6 Å². The Morgan fingerprint density at radius 1 is 1.45 bits per heavy atom. The predicted octanol–water partition coefficient (Wildman–Crippen LogP) is 3.03. The highest BCUT2D eigenvalue weighted by atomic mass is 16.2. The maximum Gasteiger partial charge on any atom is 0.227 e. The van der Waals surface area contributed by atoms with E-state index in [4.69, 9.17) is 5.73 Å². The van der Waals surface area contributed by atoms with Crippen LogP contribution in [0.1, 0.15) is 49.8 Å². The van der Waals surface area contributed by atoms with Gasteiger partial charge in [-0.25, -0.2) is 0 Å². The highest BCUT2D eigenvalue weighted by molar-refractivity contribution is 5.80. The van der Waals surface area contributed by atoms with E-state index in [0.717, 1.165) is 32.2 Å². The molecule has 1 aliphatic rings. The fourth-order valence-corrected chi connectivity index (χ4v) is 3.24.